The molecule has 3 rings (SSSR count). The summed E-state index contributed by atoms with van der Waals surface area (Å²) in [5.41, 5.74) is 1.37. The highest BCUT2D eigenvalue weighted by Gasteiger charge is 2.44. The first-order valence-corrected chi connectivity index (χ1v) is 8.69. The van der Waals surface area contributed by atoms with Crippen molar-refractivity contribution in [1.82, 2.24) is 0 Å². The van der Waals surface area contributed by atoms with Gasteiger partial charge in [0.2, 0.25) is 0 Å². The normalized spacial score (nSPS) is 28.5. The zero-order valence-electron chi connectivity index (χ0n) is 14.6. The van der Waals surface area contributed by atoms with E-state index in [-0.39, 0.29) is 12.4 Å². The van der Waals surface area contributed by atoms with Crippen LogP contribution in [0.15, 0.2) is 59.6 Å². The number of hydrogen-bond acceptors (Lipinski definition) is 7. The maximum absolute atomic E-state index is 10.5. The molecular weight excluding hydrogens is 350 g/mol. The molecular formula is C20H23NO6. The summed E-state index contributed by atoms with van der Waals surface area (Å²) in [7, 11) is 0. The van der Waals surface area contributed by atoms with Crippen molar-refractivity contribution in [2.75, 3.05) is 6.61 Å². The number of aromatic hydroxyl groups is 1. The minimum absolute atomic E-state index is 0.0444. The molecule has 0 unspecified atom stereocenters. The number of phenols is 1. The molecule has 0 bridgehead atoms. The molecule has 1 aliphatic heterocycles. The number of phenolic OH excluding ortho intramolecular Hbond substituents is 1. The molecule has 0 spiro atoms. The third-order valence-corrected chi connectivity index (χ3v) is 4.43. The third-order valence-electron chi connectivity index (χ3n) is 4.43. The van der Waals surface area contributed by atoms with E-state index in [1.807, 2.05) is 30.3 Å². The summed E-state index contributed by atoms with van der Waals surface area (Å²) >= 11 is 0. The smallest absolute Gasteiger partial charge is 0.183 e. The second kappa shape index (κ2) is 9.07. The van der Waals surface area contributed by atoms with Gasteiger partial charge in [0.1, 0.15) is 30.1 Å². The molecule has 7 nitrogen and oxygen atoms in total. The number of benzene rings is 2. The molecule has 5 atom stereocenters. The summed E-state index contributed by atoms with van der Waals surface area (Å²) in [6, 6.07) is 15.1. The molecule has 0 aliphatic carbocycles. The minimum atomic E-state index is -1.31. The summed E-state index contributed by atoms with van der Waals surface area (Å²) in [6.07, 6.45) is -3.14. The van der Waals surface area contributed by atoms with Crippen LogP contribution in [0.4, 0.5) is 0 Å². The van der Waals surface area contributed by atoms with E-state index < -0.39 is 37.3 Å². The zero-order chi connectivity index (χ0) is 19.2. The third kappa shape index (κ3) is 4.71. The van der Waals surface area contributed by atoms with Crippen LogP contribution in [-0.2, 0) is 16.1 Å². The van der Waals surface area contributed by atoms with Crippen molar-refractivity contribution in [3.63, 3.8) is 0 Å². The van der Waals surface area contributed by atoms with Gasteiger partial charge in [-0.3, -0.25) is 4.99 Å². The predicted octanol–water partition coefficient (Wildman–Crippen LogP) is 0.835. The van der Waals surface area contributed by atoms with Crippen molar-refractivity contribution in [1.29, 1.82) is 0 Å². The Bertz CT molecular complexity index is 753. The van der Waals surface area contributed by atoms with Crippen LogP contribution in [0.5, 0.6) is 5.75 Å². The molecule has 7 heteroatoms. The molecule has 1 fully saturated rings. The maximum Gasteiger partial charge on any atom is 0.183 e. The number of nitrogens with zero attached hydrogens (tertiary/aromatic N) is 1. The van der Waals surface area contributed by atoms with Crippen molar-refractivity contribution in [2.45, 2.75) is 37.3 Å². The van der Waals surface area contributed by atoms with Crippen LogP contribution in [0.25, 0.3) is 0 Å². The van der Waals surface area contributed by atoms with Gasteiger partial charge in [-0.05, 0) is 17.7 Å². The Morgan fingerprint density at radius 3 is 2.41 bits per heavy atom. The average molecular weight is 373 g/mol. The fourth-order valence-corrected chi connectivity index (χ4v) is 2.88. The number of para-hydroxylation sites is 1. The summed E-state index contributed by atoms with van der Waals surface area (Å²) in [4.78, 5) is 4.28. The van der Waals surface area contributed by atoms with Crippen molar-refractivity contribution in [3.05, 3.63) is 65.7 Å². The fraction of sp³-hybridized carbons (Fsp3) is 0.350. The van der Waals surface area contributed by atoms with Gasteiger partial charge >= 0.3 is 0 Å². The SMILES string of the molecule is OC[C@H]1O[C@H](OCc2ccccc2)[C@H](N=Cc2ccccc2O)[C@@H](O)[C@@H]1O. The highest BCUT2D eigenvalue weighted by molar-refractivity contribution is 5.83. The number of aliphatic imine (C=N–C) groups is 1. The Morgan fingerprint density at radius 2 is 1.70 bits per heavy atom. The summed E-state index contributed by atoms with van der Waals surface area (Å²) in [5, 5.41) is 39.9. The van der Waals surface area contributed by atoms with Gasteiger partial charge in [-0.25, -0.2) is 0 Å². The van der Waals surface area contributed by atoms with E-state index in [0.717, 1.165) is 5.56 Å². The van der Waals surface area contributed by atoms with Gasteiger partial charge in [-0.2, -0.15) is 0 Å². The molecule has 1 saturated heterocycles. The number of ether oxygens (including phenoxy) is 2. The molecule has 27 heavy (non-hydrogen) atoms. The second-order valence-electron chi connectivity index (χ2n) is 6.33. The summed E-state index contributed by atoms with van der Waals surface area (Å²) in [6.45, 7) is -0.242. The van der Waals surface area contributed by atoms with Gasteiger partial charge < -0.3 is 29.9 Å². The number of rotatable bonds is 6. The van der Waals surface area contributed by atoms with Crippen LogP contribution in [0.2, 0.25) is 0 Å². The number of aliphatic hydroxyl groups excluding tert-OH is 3. The Morgan fingerprint density at radius 1 is 1.00 bits per heavy atom. The molecule has 2 aromatic carbocycles. The van der Waals surface area contributed by atoms with Crippen molar-refractivity contribution >= 4 is 6.21 Å². The van der Waals surface area contributed by atoms with Crippen LogP contribution < -0.4 is 0 Å². The lowest BCUT2D eigenvalue weighted by Gasteiger charge is -2.40. The average Bonchev–Trinajstić information content (AvgIpc) is 2.70. The van der Waals surface area contributed by atoms with E-state index in [2.05, 4.69) is 4.99 Å². The first-order chi connectivity index (χ1) is 13.1. The highest BCUT2D eigenvalue weighted by Crippen LogP contribution is 2.26. The predicted molar refractivity (Wildman–Crippen MR) is 98.5 cm³/mol. The standard InChI is InChI=1S/C20H23NO6/c22-11-16-18(24)19(25)17(21-10-14-8-4-5-9-15(14)23)20(27-16)26-12-13-6-2-1-3-7-13/h1-10,16-20,22-25H,11-12H2/t16-,17-,18-,19-,20+/m1/s1. The Labute approximate surface area is 157 Å². The highest BCUT2D eigenvalue weighted by atomic mass is 16.7. The summed E-state index contributed by atoms with van der Waals surface area (Å²) < 4.78 is 11.4. The van der Waals surface area contributed by atoms with Crippen molar-refractivity contribution in [3.8, 4) is 5.75 Å². The van der Waals surface area contributed by atoms with E-state index in [9.17, 15) is 20.4 Å². The van der Waals surface area contributed by atoms with Gasteiger partial charge in [0, 0.05) is 11.8 Å². The number of aliphatic hydroxyl groups is 3. The summed E-state index contributed by atoms with van der Waals surface area (Å²) in [5.74, 6) is 0.0444. The fourth-order valence-electron chi connectivity index (χ4n) is 2.88. The monoisotopic (exact) mass is 373 g/mol. The molecule has 1 heterocycles. The quantitative estimate of drug-likeness (QED) is 0.558. The first kappa shape index (κ1) is 19.5. The van der Waals surface area contributed by atoms with Gasteiger partial charge in [-0.15, -0.1) is 0 Å². The largest absolute Gasteiger partial charge is 0.507 e. The molecule has 0 radical (unpaired) electrons. The van der Waals surface area contributed by atoms with Crippen molar-refractivity contribution < 1.29 is 29.9 Å². The second-order valence-corrected chi connectivity index (χ2v) is 6.33. The molecule has 0 saturated carbocycles. The molecule has 4 N–H and O–H groups in total. The van der Waals surface area contributed by atoms with E-state index in [1.54, 1.807) is 18.2 Å². The van der Waals surface area contributed by atoms with Gasteiger partial charge in [0.25, 0.3) is 0 Å². The maximum atomic E-state index is 10.5. The molecule has 0 aromatic heterocycles. The molecule has 0 amide bonds. The van der Waals surface area contributed by atoms with Gasteiger partial charge in [-0.1, -0.05) is 42.5 Å². The van der Waals surface area contributed by atoms with Crippen LogP contribution in [0.1, 0.15) is 11.1 Å². The molecule has 2 aromatic rings. The first-order valence-electron chi connectivity index (χ1n) is 8.69. The molecule has 144 valence electrons. The van der Waals surface area contributed by atoms with E-state index in [1.165, 1.54) is 12.3 Å². The van der Waals surface area contributed by atoms with Crippen LogP contribution in [-0.4, -0.2) is 63.9 Å². The lowest BCUT2D eigenvalue weighted by molar-refractivity contribution is -0.268. The zero-order valence-corrected chi connectivity index (χ0v) is 14.6. The van der Waals surface area contributed by atoms with E-state index in [4.69, 9.17) is 9.47 Å². The van der Waals surface area contributed by atoms with E-state index >= 15 is 0 Å². The minimum Gasteiger partial charge on any atom is -0.507 e. The molecule has 1 aliphatic rings. The Kier molecular flexibility index (Phi) is 6.54. The van der Waals surface area contributed by atoms with Crippen LogP contribution >= 0.6 is 0 Å². The number of hydrogen-bond donors (Lipinski definition) is 4. The Hall–Kier alpha value is -2.29. The topological polar surface area (TPSA) is 112 Å². The lowest BCUT2D eigenvalue weighted by atomic mass is 9.97. The lowest BCUT2D eigenvalue weighted by Crippen LogP contribution is -2.58. The van der Waals surface area contributed by atoms with Crippen LogP contribution in [0, 0.1) is 0 Å². The Balaban J connectivity index is 1.78. The van der Waals surface area contributed by atoms with Gasteiger partial charge in [0.05, 0.1) is 13.2 Å². The van der Waals surface area contributed by atoms with Gasteiger partial charge in [0.15, 0.2) is 6.29 Å². The van der Waals surface area contributed by atoms with Crippen LogP contribution in [0.3, 0.4) is 0 Å². The van der Waals surface area contributed by atoms with E-state index in [0.29, 0.717) is 5.56 Å². The van der Waals surface area contributed by atoms with Crippen molar-refractivity contribution in [2.24, 2.45) is 4.99 Å².